The van der Waals surface area contributed by atoms with E-state index >= 15 is 0 Å². The van der Waals surface area contributed by atoms with Crippen molar-refractivity contribution in [1.29, 1.82) is 0 Å². The molecular weight excluding hydrogens is 322 g/mol. The zero-order chi connectivity index (χ0) is 17.9. The van der Waals surface area contributed by atoms with Crippen molar-refractivity contribution >= 4 is 17.9 Å². The molecule has 0 spiro atoms. The molecule has 0 bridgehead atoms. The number of ether oxygens (including phenoxy) is 1. The Balaban J connectivity index is 1.52. The smallest absolute Gasteiger partial charge is 0.409 e. The van der Waals surface area contributed by atoms with Crippen molar-refractivity contribution in [2.45, 2.75) is 57.9 Å². The fourth-order valence-electron chi connectivity index (χ4n) is 3.84. The Kier molecular flexibility index (Phi) is 5.49. The third-order valence-corrected chi connectivity index (χ3v) is 5.63. The molecule has 0 radical (unpaired) electrons. The van der Waals surface area contributed by atoms with Gasteiger partial charge in [-0.05, 0) is 32.6 Å². The maximum absolute atomic E-state index is 12.9. The quantitative estimate of drug-likeness (QED) is 0.779. The largest absolute Gasteiger partial charge is 0.450 e. The molecule has 25 heavy (non-hydrogen) atoms. The highest BCUT2D eigenvalue weighted by Crippen LogP contribution is 2.48. The Morgan fingerprint density at radius 3 is 2.16 bits per heavy atom. The average Bonchev–Trinajstić information content (AvgIpc) is 3.44. The van der Waals surface area contributed by atoms with Gasteiger partial charge in [0.25, 0.3) is 0 Å². The van der Waals surface area contributed by atoms with Gasteiger partial charge < -0.3 is 19.9 Å². The van der Waals surface area contributed by atoms with E-state index in [0.717, 1.165) is 25.7 Å². The molecule has 7 nitrogen and oxygen atoms in total. The summed E-state index contributed by atoms with van der Waals surface area (Å²) in [5.74, 6) is -0.151. The molecule has 3 rings (SSSR count). The fraction of sp³-hybridized carbons (Fsp3) is 0.833. The van der Waals surface area contributed by atoms with Crippen molar-refractivity contribution in [1.82, 2.24) is 15.1 Å². The van der Waals surface area contributed by atoms with Crippen molar-refractivity contribution < 1.29 is 19.1 Å². The first-order valence-electron chi connectivity index (χ1n) is 9.59. The standard InChI is InChI=1S/C18H29N3O4/c1-2-25-17(24)21-12-10-20(11-13-21)16(23)18(8-9-18)15(22)19-14-6-4-3-5-7-14/h14H,2-13H2,1H3,(H,19,22). The van der Waals surface area contributed by atoms with Crippen LogP contribution in [-0.2, 0) is 14.3 Å². The number of hydrogen-bond acceptors (Lipinski definition) is 4. The minimum atomic E-state index is -0.844. The van der Waals surface area contributed by atoms with E-state index in [1.54, 1.807) is 16.7 Å². The van der Waals surface area contributed by atoms with Crippen LogP contribution in [0.15, 0.2) is 0 Å². The zero-order valence-corrected chi connectivity index (χ0v) is 15.1. The number of piperazine rings is 1. The van der Waals surface area contributed by atoms with Crippen LogP contribution in [0.25, 0.3) is 0 Å². The van der Waals surface area contributed by atoms with Gasteiger partial charge in [-0.1, -0.05) is 19.3 Å². The lowest BCUT2D eigenvalue weighted by Crippen LogP contribution is -2.55. The van der Waals surface area contributed by atoms with Gasteiger partial charge in [-0.25, -0.2) is 4.79 Å². The zero-order valence-electron chi connectivity index (χ0n) is 15.1. The Bertz CT molecular complexity index is 518. The summed E-state index contributed by atoms with van der Waals surface area (Å²) in [6.45, 7) is 3.99. The summed E-state index contributed by atoms with van der Waals surface area (Å²) in [5, 5.41) is 3.11. The second kappa shape index (κ2) is 7.62. The number of amides is 3. The Hall–Kier alpha value is -1.79. The van der Waals surface area contributed by atoms with Crippen LogP contribution in [0.4, 0.5) is 4.79 Å². The van der Waals surface area contributed by atoms with E-state index < -0.39 is 5.41 Å². The van der Waals surface area contributed by atoms with Crippen LogP contribution in [0.2, 0.25) is 0 Å². The molecule has 2 saturated carbocycles. The van der Waals surface area contributed by atoms with Gasteiger partial charge in [-0.2, -0.15) is 0 Å². The molecule has 7 heteroatoms. The third kappa shape index (κ3) is 3.90. The summed E-state index contributed by atoms with van der Waals surface area (Å²) in [7, 11) is 0. The van der Waals surface area contributed by atoms with Crippen LogP contribution in [0.3, 0.4) is 0 Å². The molecule has 1 aliphatic heterocycles. The topological polar surface area (TPSA) is 79.0 Å². The molecule has 140 valence electrons. The van der Waals surface area contributed by atoms with Crippen LogP contribution in [0, 0.1) is 5.41 Å². The summed E-state index contributed by atoms with van der Waals surface area (Å²) in [6, 6.07) is 0.229. The number of carbonyl (C=O) groups is 3. The van der Waals surface area contributed by atoms with Crippen molar-refractivity contribution in [3.05, 3.63) is 0 Å². The molecule has 0 unspecified atom stereocenters. The predicted molar refractivity (Wildman–Crippen MR) is 91.9 cm³/mol. The highest BCUT2D eigenvalue weighted by Gasteiger charge is 2.58. The molecule has 0 aromatic carbocycles. The second-order valence-corrected chi connectivity index (χ2v) is 7.37. The van der Waals surface area contributed by atoms with E-state index in [4.69, 9.17) is 4.74 Å². The molecule has 3 fully saturated rings. The van der Waals surface area contributed by atoms with Gasteiger partial charge in [0.2, 0.25) is 11.8 Å². The molecule has 3 amide bonds. The molecule has 1 heterocycles. The SMILES string of the molecule is CCOC(=O)N1CCN(C(=O)C2(C(=O)NC3CCCCC3)CC2)CC1. The highest BCUT2D eigenvalue weighted by atomic mass is 16.6. The Labute approximate surface area is 149 Å². The van der Waals surface area contributed by atoms with Crippen LogP contribution in [0.1, 0.15) is 51.9 Å². The number of nitrogens with one attached hydrogen (secondary N) is 1. The molecule has 3 aliphatic rings. The summed E-state index contributed by atoms with van der Waals surface area (Å²) < 4.78 is 5.00. The lowest BCUT2D eigenvalue weighted by atomic mass is 9.94. The number of carbonyl (C=O) groups excluding carboxylic acids is 3. The van der Waals surface area contributed by atoms with Gasteiger partial charge in [0.15, 0.2) is 0 Å². The lowest BCUT2D eigenvalue weighted by molar-refractivity contribution is -0.145. The van der Waals surface area contributed by atoms with Gasteiger partial charge >= 0.3 is 6.09 Å². The van der Waals surface area contributed by atoms with Crippen LogP contribution >= 0.6 is 0 Å². The van der Waals surface area contributed by atoms with Crippen LogP contribution in [-0.4, -0.2) is 66.5 Å². The molecule has 0 atom stereocenters. The van der Waals surface area contributed by atoms with Crippen LogP contribution < -0.4 is 5.32 Å². The second-order valence-electron chi connectivity index (χ2n) is 7.37. The molecular formula is C18H29N3O4. The Morgan fingerprint density at radius 2 is 1.60 bits per heavy atom. The first kappa shape index (κ1) is 18.0. The number of hydrogen-bond donors (Lipinski definition) is 1. The van der Waals surface area contributed by atoms with Gasteiger partial charge in [0.05, 0.1) is 6.61 Å². The maximum atomic E-state index is 12.9. The van der Waals surface area contributed by atoms with Gasteiger partial charge in [0, 0.05) is 32.2 Å². The van der Waals surface area contributed by atoms with E-state index in [-0.39, 0.29) is 23.9 Å². The monoisotopic (exact) mass is 351 g/mol. The first-order valence-corrected chi connectivity index (χ1v) is 9.59. The van der Waals surface area contributed by atoms with Crippen molar-refractivity contribution in [3.63, 3.8) is 0 Å². The van der Waals surface area contributed by atoms with Crippen LogP contribution in [0.5, 0.6) is 0 Å². The van der Waals surface area contributed by atoms with E-state index in [2.05, 4.69) is 5.32 Å². The first-order chi connectivity index (χ1) is 12.1. The van der Waals surface area contributed by atoms with E-state index in [0.29, 0.717) is 45.6 Å². The number of rotatable bonds is 4. The van der Waals surface area contributed by atoms with Gasteiger partial charge in [0.1, 0.15) is 5.41 Å². The van der Waals surface area contributed by atoms with Crippen molar-refractivity contribution in [2.75, 3.05) is 32.8 Å². The third-order valence-electron chi connectivity index (χ3n) is 5.63. The summed E-state index contributed by atoms with van der Waals surface area (Å²) >= 11 is 0. The van der Waals surface area contributed by atoms with E-state index in [1.807, 2.05) is 0 Å². The van der Waals surface area contributed by atoms with E-state index in [1.165, 1.54) is 6.42 Å². The van der Waals surface area contributed by atoms with Gasteiger partial charge in [-0.15, -0.1) is 0 Å². The molecule has 1 saturated heterocycles. The minimum absolute atomic E-state index is 0.0654. The predicted octanol–water partition coefficient (Wildman–Crippen LogP) is 1.52. The molecule has 2 aliphatic carbocycles. The molecule has 0 aromatic rings. The summed E-state index contributed by atoms with van der Waals surface area (Å²) in [6.07, 6.45) is 6.55. The van der Waals surface area contributed by atoms with Crippen molar-refractivity contribution in [2.24, 2.45) is 5.41 Å². The summed E-state index contributed by atoms with van der Waals surface area (Å²) in [4.78, 5) is 40.7. The Morgan fingerprint density at radius 1 is 1.00 bits per heavy atom. The lowest BCUT2D eigenvalue weighted by Gasteiger charge is -2.36. The minimum Gasteiger partial charge on any atom is -0.450 e. The molecule has 1 N–H and O–H groups in total. The number of nitrogens with zero attached hydrogens (tertiary/aromatic N) is 2. The average molecular weight is 351 g/mol. The molecule has 0 aromatic heterocycles. The fourth-order valence-corrected chi connectivity index (χ4v) is 3.84. The summed E-state index contributed by atoms with van der Waals surface area (Å²) in [5.41, 5.74) is -0.844. The maximum Gasteiger partial charge on any atom is 0.409 e. The van der Waals surface area contributed by atoms with E-state index in [9.17, 15) is 14.4 Å². The highest BCUT2D eigenvalue weighted by molar-refractivity contribution is 6.08. The van der Waals surface area contributed by atoms with Crippen molar-refractivity contribution in [3.8, 4) is 0 Å². The normalized spacial score (nSPS) is 23.1. The van der Waals surface area contributed by atoms with Gasteiger partial charge in [-0.3, -0.25) is 9.59 Å².